The number of likely N-dealkylation sites (tertiary alicyclic amines) is 1. The highest BCUT2D eigenvalue weighted by atomic mass is 32.2. The fraction of sp³-hybridized carbons (Fsp3) is 0.519. The van der Waals surface area contributed by atoms with Crippen LogP contribution in [0.1, 0.15) is 36.8 Å². The van der Waals surface area contributed by atoms with Crippen molar-refractivity contribution in [1.82, 2.24) is 25.2 Å². The van der Waals surface area contributed by atoms with Gasteiger partial charge in [0.2, 0.25) is 21.8 Å². The maximum absolute atomic E-state index is 14.2. The molecule has 2 aliphatic carbocycles. The zero-order valence-electron chi connectivity index (χ0n) is 22.9. The second-order valence-corrected chi connectivity index (χ2v) is 13.4. The first-order chi connectivity index (χ1) is 20.4. The molecule has 5 atom stereocenters. The van der Waals surface area contributed by atoms with E-state index in [0.29, 0.717) is 24.0 Å². The van der Waals surface area contributed by atoms with E-state index in [9.17, 15) is 36.8 Å². The number of nitrogens with one attached hydrogen (secondary N) is 3. The van der Waals surface area contributed by atoms with Gasteiger partial charge in [-0.1, -0.05) is 18.2 Å². The number of benzene rings is 1. The molecular formula is C27H30FN5O9S. The van der Waals surface area contributed by atoms with Crippen molar-refractivity contribution in [3.8, 4) is 0 Å². The molecule has 5 amide bonds. The van der Waals surface area contributed by atoms with E-state index in [2.05, 4.69) is 21.9 Å². The Balaban J connectivity index is 1.17. The molecule has 1 aromatic rings. The Bertz CT molecular complexity index is 1530. The number of carbonyl (C=O) groups is 5. The molecule has 1 aromatic carbocycles. The number of ether oxygens (including phenoxy) is 2. The zero-order chi connectivity index (χ0) is 30.7. The summed E-state index contributed by atoms with van der Waals surface area (Å²) < 4.78 is 51.6. The van der Waals surface area contributed by atoms with Gasteiger partial charge in [-0.25, -0.2) is 22.4 Å². The normalized spacial score (nSPS) is 29.3. The summed E-state index contributed by atoms with van der Waals surface area (Å²) in [5.74, 6) is -3.32. The van der Waals surface area contributed by atoms with Gasteiger partial charge in [-0.15, -0.1) is 6.58 Å². The summed E-state index contributed by atoms with van der Waals surface area (Å²) in [6.45, 7) is 3.32. The molecule has 3 N–H and O–H groups in total. The van der Waals surface area contributed by atoms with Crippen LogP contribution in [0.5, 0.6) is 0 Å². The first kappa shape index (κ1) is 28.9. The number of rotatable bonds is 8. The Morgan fingerprint density at radius 1 is 1.21 bits per heavy atom. The molecule has 16 heteroatoms. The largest absolute Gasteiger partial charge is 0.447 e. The topological polar surface area (TPSA) is 181 Å². The highest BCUT2D eigenvalue weighted by Gasteiger charge is 2.62. The third kappa shape index (κ3) is 5.39. The molecule has 4 fully saturated rings. The summed E-state index contributed by atoms with van der Waals surface area (Å²) in [6, 6.07) is 2.23. The van der Waals surface area contributed by atoms with E-state index in [1.54, 1.807) is 12.1 Å². The van der Waals surface area contributed by atoms with Crippen molar-refractivity contribution in [3.63, 3.8) is 0 Å². The Morgan fingerprint density at radius 3 is 2.60 bits per heavy atom. The summed E-state index contributed by atoms with van der Waals surface area (Å²) in [6.07, 6.45) is -0.245. The van der Waals surface area contributed by atoms with E-state index in [-0.39, 0.29) is 39.1 Å². The summed E-state index contributed by atoms with van der Waals surface area (Å²) >= 11 is 0. The van der Waals surface area contributed by atoms with E-state index in [1.165, 1.54) is 17.0 Å². The third-order valence-corrected chi connectivity index (χ3v) is 10.3. The molecule has 5 aliphatic rings. The Hall–Kier alpha value is -4.21. The maximum atomic E-state index is 14.2. The highest BCUT2D eigenvalue weighted by Crippen LogP contribution is 2.45. The van der Waals surface area contributed by atoms with Crippen LogP contribution in [-0.4, -0.2) is 90.3 Å². The summed E-state index contributed by atoms with van der Waals surface area (Å²) in [5, 5.41) is 4.34. The molecule has 0 radical (unpaired) electrons. The van der Waals surface area contributed by atoms with Crippen molar-refractivity contribution in [3.05, 3.63) is 47.8 Å². The monoisotopic (exact) mass is 619 g/mol. The zero-order valence-corrected chi connectivity index (χ0v) is 23.7. The number of halogens is 1. The van der Waals surface area contributed by atoms with Crippen molar-refractivity contribution < 1.29 is 46.3 Å². The minimum atomic E-state index is -3.90. The molecule has 43 heavy (non-hydrogen) atoms. The summed E-state index contributed by atoms with van der Waals surface area (Å²) in [5.41, 5.74) is -0.561. The number of sulfonamides is 1. The fourth-order valence-electron chi connectivity index (χ4n) is 5.84. The number of hydrogen-bond acceptors (Lipinski definition) is 9. The van der Waals surface area contributed by atoms with Gasteiger partial charge >= 0.3 is 12.2 Å². The van der Waals surface area contributed by atoms with Gasteiger partial charge in [0.15, 0.2) is 0 Å². The number of nitrogens with zero attached hydrogens (tertiary/aromatic N) is 2. The molecule has 2 saturated heterocycles. The van der Waals surface area contributed by atoms with Crippen LogP contribution in [0.4, 0.5) is 14.0 Å². The lowest BCUT2D eigenvalue weighted by atomic mass is 10.1. The minimum absolute atomic E-state index is 0.00407. The van der Waals surface area contributed by atoms with Gasteiger partial charge in [-0.3, -0.25) is 24.0 Å². The predicted molar refractivity (Wildman–Crippen MR) is 144 cm³/mol. The lowest BCUT2D eigenvalue weighted by molar-refractivity contribution is -0.141. The molecule has 0 spiro atoms. The Morgan fingerprint density at radius 2 is 1.98 bits per heavy atom. The van der Waals surface area contributed by atoms with E-state index in [4.69, 9.17) is 9.47 Å². The molecule has 230 valence electrons. The minimum Gasteiger partial charge on any atom is -0.447 e. The molecular weight excluding hydrogens is 589 g/mol. The van der Waals surface area contributed by atoms with Gasteiger partial charge in [0.1, 0.15) is 36.2 Å². The smallest absolute Gasteiger partial charge is 0.410 e. The Labute approximate surface area is 246 Å². The van der Waals surface area contributed by atoms with E-state index in [0.717, 1.165) is 4.90 Å². The predicted octanol–water partition coefficient (Wildman–Crippen LogP) is 0.0251. The second-order valence-electron chi connectivity index (χ2n) is 11.5. The van der Waals surface area contributed by atoms with Crippen LogP contribution in [0.25, 0.3) is 0 Å². The molecule has 2 saturated carbocycles. The molecule has 0 aromatic heterocycles. The van der Waals surface area contributed by atoms with Crippen LogP contribution in [0, 0.1) is 11.7 Å². The van der Waals surface area contributed by atoms with Crippen LogP contribution in [-0.2, 0) is 47.0 Å². The van der Waals surface area contributed by atoms with Crippen molar-refractivity contribution in [2.24, 2.45) is 5.92 Å². The number of amides is 5. The molecule has 6 rings (SSSR count). The first-order valence-electron chi connectivity index (χ1n) is 13.9. The van der Waals surface area contributed by atoms with Crippen LogP contribution < -0.4 is 15.4 Å². The van der Waals surface area contributed by atoms with Gasteiger partial charge < -0.3 is 25.0 Å². The number of carbonyl (C=O) groups excluding carboxylic acids is 5. The second kappa shape index (κ2) is 10.5. The molecule has 0 bridgehead atoms. The lowest BCUT2D eigenvalue weighted by Gasteiger charge is -2.27. The first-order valence-corrected chi connectivity index (χ1v) is 15.4. The van der Waals surface area contributed by atoms with Crippen molar-refractivity contribution in [2.75, 3.05) is 13.2 Å². The average Bonchev–Trinajstić information content (AvgIpc) is 3.78. The number of alkyl carbamates (subject to hydrolysis) is 1. The Kier molecular flexibility index (Phi) is 7.06. The van der Waals surface area contributed by atoms with E-state index >= 15 is 0 Å². The SMILES string of the molecule is C=C[C@@H]1C[C@]1(NC(=O)[C@@H]1C[C@@H](OC(=O)N2Cc3cccc(F)c3C2)CN1C(=O)C1COC(=O)N1)C(=O)NS(=O)(=O)C1CC1. The van der Waals surface area contributed by atoms with Crippen molar-refractivity contribution in [2.45, 2.75) is 67.7 Å². The van der Waals surface area contributed by atoms with Crippen LogP contribution in [0.3, 0.4) is 0 Å². The molecule has 3 heterocycles. The lowest BCUT2D eigenvalue weighted by Crippen LogP contribution is -2.58. The van der Waals surface area contributed by atoms with Gasteiger partial charge in [0.25, 0.3) is 5.91 Å². The van der Waals surface area contributed by atoms with Gasteiger partial charge in [0, 0.05) is 24.4 Å². The van der Waals surface area contributed by atoms with E-state index < -0.39 is 80.6 Å². The van der Waals surface area contributed by atoms with Crippen LogP contribution in [0.2, 0.25) is 0 Å². The highest BCUT2D eigenvalue weighted by molar-refractivity contribution is 7.91. The molecule has 3 aliphatic heterocycles. The fourth-order valence-corrected chi connectivity index (χ4v) is 7.20. The molecule has 14 nitrogen and oxygen atoms in total. The summed E-state index contributed by atoms with van der Waals surface area (Å²) in [7, 11) is -3.90. The third-order valence-electron chi connectivity index (χ3n) is 8.52. The standard InChI is InChI=1S/C27H30FN5O9S/c1-2-15-9-27(15,24(36)31-43(39,40)17-6-7-17)30-22(34)21-8-16(11-33(21)23(35)20-13-41-25(37)29-20)42-26(38)32-10-14-4-3-5-19(28)18(14)12-32/h2-5,15-17,20-21H,1,6-13H2,(H,29,37)(H,30,34)(H,31,36)/t15-,16-,20?,21+,27-/m1/s1. The quantitative estimate of drug-likeness (QED) is 0.338. The maximum Gasteiger partial charge on any atom is 0.410 e. The van der Waals surface area contributed by atoms with Gasteiger partial charge in [-0.05, 0) is 30.9 Å². The number of cyclic esters (lactones) is 1. The van der Waals surface area contributed by atoms with Crippen molar-refractivity contribution >= 4 is 39.9 Å². The average molecular weight is 620 g/mol. The molecule has 1 unspecified atom stereocenters. The van der Waals surface area contributed by atoms with Gasteiger partial charge in [0.05, 0.1) is 18.3 Å². The van der Waals surface area contributed by atoms with Crippen molar-refractivity contribution in [1.29, 1.82) is 0 Å². The van der Waals surface area contributed by atoms with E-state index in [1.807, 2.05) is 0 Å². The van der Waals surface area contributed by atoms with Gasteiger partial charge in [-0.2, -0.15) is 0 Å². The van der Waals surface area contributed by atoms with Crippen LogP contribution >= 0.6 is 0 Å². The summed E-state index contributed by atoms with van der Waals surface area (Å²) in [4.78, 5) is 67.2. The van der Waals surface area contributed by atoms with Crippen LogP contribution in [0.15, 0.2) is 30.9 Å². The number of fused-ring (bicyclic) bond motifs is 1. The number of hydrogen-bond donors (Lipinski definition) is 3.